The van der Waals surface area contributed by atoms with Crippen LogP contribution in [0.15, 0.2) is 18.3 Å². The molecule has 0 spiro atoms. The topological polar surface area (TPSA) is 56.0 Å². The summed E-state index contributed by atoms with van der Waals surface area (Å²) in [7, 11) is 0. The molecule has 0 amide bonds. The monoisotopic (exact) mass is 218 g/mol. The van der Waals surface area contributed by atoms with Crippen molar-refractivity contribution in [2.45, 2.75) is 19.0 Å². The van der Waals surface area contributed by atoms with Crippen LogP contribution < -0.4 is 5.73 Å². The fourth-order valence-electron chi connectivity index (χ4n) is 1.10. The number of aromatic nitrogens is 1. The highest BCUT2D eigenvalue weighted by Gasteiger charge is 2.31. The quantitative estimate of drug-likeness (QED) is 0.840. The molecule has 2 N–H and O–H groups in total. The minimum atomic E-state index is -4.46. The summed E-state index contributed by atoms with van der Waals surface area (Å²) in [5, 5.41) is 0. The number of halogens is 3. The number of carbonyl (C=O) groups excluding carboxylic acids is 1. The van der Waals surface area contributed by atoms with E-state index in [1.54, 1.807) is 0 Å². The van der Waals surface area contributed by atoms with Gasteiger partial charge in [-0.1, -0.05) is 6.07 Å². The van der Waals surface area contributed by atoms with Gasteiger partial charge in [-0.25, -0.2) is 4.98 Å². The lowest BCUT2D eigenvalue weighted by molar-refractivity contribution is -0.151. The van der Waals surface area contributed by atoms with Gasteiger partial charge in [-0.05, 0) is 6.07 Å². The number of carbonyl (C=O) groups is 1. The molecule has 3 nitrogen and oxygen atoms in total. The minimum Gasteiger partial charge on any atom is -0.383 e. The second-order valence-electron chi connectivity index (χ2n) is 3.06. The fourth-order valence-corrected chi connectivity index (χ4v) is 1.10. The average molecular weight is 218 g/mol. The highest BCUT2D eigenvalue weighted by atomic mass is 19.4. The van der Waals surface area contributed by atoms with Crippen LogP contribution in [0.25, 0.3) is 0 Å². The molecule has 0 bridgehead atoms. The summed E-state index contributed by atoms with van der Waals surface area (Å²) in [6, 6.07) is 3.00. The van der Waals surface area contributed by atoms with Gasteiger partial charge in [0, 0.05) is 18.2 Å². The first-order chi connectivity index (χ1) is 6.88. The Labute approximate surface area is 84.1 Å². The van der Waals surface area contributed by atoms with Gasteiger partial charge in [-0.2, -0.15) is 13.2 Å². The number of Topliss-reactive ketones (excluding diaryl/α,β-unsaturated/α-hetero) is 1. The zero-order valence-corrected chi connectivity index (χ0v) is 7.71. The van der Waals surface area contributed by atoms with Gasteiger partial charge >= 0.3 is 6.18 Å². The van der Waals surface area contributed by atoms with Gasteiger partial charge in [0.1, 0.15) is 18.0 Å². The molecule has 1 aromatic heterocycles. The number of nitrogens with zero attached hydrogens (tertiary/aromatic N) is 1. The lowest BCUT2D eigenvalue weighted by atomic mass is 10.1. The van der Waals surface area contributed by atoms with Crippen molar-refractivity contribution in [2.75, 3.05) is 5.73 Å². The van der Waals surface area contributed by atoms with Crippen LogP contribution in [-0.2, 0) is 11.2 Å². The number of pyridine rings is 1. The van der Waals surface area contributed by atoms with Gasteiger partial charge in [0.2, 0.25) is 0 Å². The van der Waals surface area contributed by atoms with Gasteiger partial charge in [0.25, 0.3) is 0 Å². The van der Waals surface area contributed by atoms with Crippen molar-refractivity contribution >= 4 is 11.6 Å². The van der Waals surface area contributed by atoms with Crippen molar-refractivity contribution in [1.82, 2.24) is 4.98 Å². The normalized spacial score (nSPS) is 11.4. The van der Waals surface area contributed by atoms with E-state index < -0.39 is 18.4 Å². The predicted molar refractivity (Wildman–Crippen MR) is 48.0 cm³/mol. The molecular formula is C9H9F3N2O. The fraction of sp³-hybridized carbons (Fsp3) is 0.333. The highest BCUT2D eigenvalue weighted by Crippen LogP contribution is 2.21. The van der Waals surface area contributed by atoms with Gasteiger partial charge in [0.15, 0.2) is 0 Å². The summed E-state index contributed by atoms with van der Waals surface area (Å²) in [5.74, 6) is -0.824. The zero-order valence-electron chi connectivity index (χ0n) is 7.71. The number of rotatable bonds is 3. The summed E-state index contributed by atoms with van der Waals surface area (Å²) in [5.41, 5.74) is 5.71. The molecular weight excluding hydrogens is 209 g/mol. The van der Waals surface area contributed by atoms with Gasteiger partial charge in [0.05, 0.1) is 0 Å². The largest absolute Gasteiger partial charge is 0.395 e. The second kappa shape index (κ2) is 4.29. The molecule has 0 aliphatic carbocycles. The molecule has 0 aliphatic rings. The molecule has 1 heterocycles. The maximum Gasteiger partial charge on any atom is 0.395 e. The van der Waals surface area contributed by atoms with Crippen molar-refractivity contribution < 1.29 is 18.0 Å². The second-order valence-corrected chi connectivity index (χ2v) is 3.06. The van der Waals surface area contributed by atoms with Gasteiger partial charge < -0.3 is 5.73 Å². The molecule has 82 valence electrons. The maximum atomic E-state index is 11.8. The van der Waals surface area contributed by atoms with Crippen LogP contribution in [0.2, 0.25) is 0 Å². The highest BCUT2D eigenvalue weighted by molar-refractivity contribution is 5.82. The Morgan fingerprint density at radius 3 is 2.67 bits per heavy atom. The van der Waals surface area contributed by atoms with E-state index in [4.69, 9.17) is 5.73 Å². The summed E-state index contributed by atoms with van der Waals surface area (Å²) >= 11 is 0. The SMILES string of the molecule is Nc1ncccc1CC(=O)CC(F)(F)F. The summed E-state index contributed by atoms with van der Waals surface area (Å²) < 4.78 is 35.5. The maximum absolute atomic E-state index is 11.8. The van der Waals surface area contributed by atoms with E-state index >= 15 is 0 Å². The number of ketones is 1. The Balaban J connectivity index is 2.64. The summed E-state index contributed by atoms with van der Waals surface area (Å²) in [6.45, 7) is 0. The zero-order chi connectivity index (χ0) is 11.5. The Morgan fingerprint density at radius 2 is 2.13 bits per heavy atom. The lowest BCUT2D eigenvalue weighted by Gasteiger charge is -2.06. The lowest BCUT2D eigenvalue weighted by Crippen LogP contribution is -2.17. The van der Waals surface area contributed by atoms with Crippen LogP contribution in [-0.4, -0.2) is 16.9 Å². The molecule has 1 rings (SSSR count). The van der Waals surface area contributed by atoms with E-state index in [-0.39, 0.29) is 12.2 Å². The molecule has 0 saturated heterocycles. The Kier molecular flexibility index (Phi) is 3.28. The standard InChI is InChI=1S/C9H9F3N2O/c10-9(11,12)5-7(15)4-6-2-1-3-14-8(6)13/h1-3H,4-5H2,(H2,13,14). The van der Waals surface area contributed by atoms with E-state index in [0.29, 0.717) is 5.56 Å². The van der Waals surface area contributed by atoms with Crippen molar-refractivity contribution in [2.24, 2.45) is 0 Å². The number of hydrogen-bond acceptors (Lipinski definition) is 3. The molecule has 15 heavy (non-hydrogen) atoms. The molecule has 0 aromatic carbocycles. The molecule has 0 atom stereocenters. The van der Waals surface area contributed by atoms with Crippen molar-refractivity contribution in [3.8, 4) is 0 Å². The van der Waals surface area contributed by atoms with E-state index in [1.807, 2.05) is 0 Å². The number of anilines is 1. The smallest absolute Gasteiger partial charge is 0.383 e. The van der Waals surface area contributed by atoms with Crippen LogP contribution in [0.1, 0.15) is 12.0 Å². The number of hydrogen-bond donors (Lipinski definition) is 1. The summed E-state index contributed by atoms with van der Waals surface area (Å²) in [4.78, 5) is 14.6. The molecule has 1 aromatic rings. The first kappa shape index (κ1) is 11.5. The van der Waals surface area contributed by atoms with Crippen LogP contribution in [0.5, 0.6) is 0 Å². The first-order valence-corrected chi connectivity index (χ1v) is 4.16. The van der Waals surface area contributed by atoms with Crippen LogP contribution in [0.4, 0.5) is 19.0 Å². The predicted octanol–water partition coefficient (Wildman–Crippen LogP) is 1.73. The Hall–Kier alpha value is -1.59. The van der Waals surface area contributed by atoms with E-state index in [9.17, 15) is 18.0 Å². The van der Waals surface area contributed by atoms with Gasteiger partial charge in [-0.3, -0.25) is 4.79 Å². The van der Waals surface area contributed by atoms with E-state index in [0.717, 1.165) is 0 Å². The van der Waals surface area contributed by atoms with Crippen LogP contribution in [0, 0.1) is 0 Å². The van der Waals surface area contributed by atoms with Crippen LogP contribution >= 0.6 is 0 Å². The third-order valence-corrected chi connectivity index (χ3v) is 1.71. The number of nitrogens with two attached hydrogens (primary N) is 1. The van der Waals surface area contributed by atoms with E-state index in [2.05, 4.69) is 4.98 Å². The Bertz CT molecular complexity index is 363. The van der Waals surface area contributed by atoms with Crippen molar-refractivity contribution in [3.63, 3.8) is 0 Å². The van der Waals surface area contributed by atoms with Gasteiger partial charge in [-0.15, -0.1) is 0 Å². The van der Waals surface area contributed by atoms with Crippen molar-refractivity contribution in [1.29, 1.82) is 0 Å². The minimum absolute atomic E-state index is 0.0908. The first-order valence-electron chi connectivity index (χ1n) is 4.16. The average Bonchev–Trinajstić information content (AvgIpc) is 2.05. The third-order valence-electron chi connectivity index (χ3n) is 1.71. The van der Waals surface area contributed by atoms with Crippen molar-refractivity contribution in [3.05, 3.63) is 23.9 Å². The number of nitrogen functional groups attached to an aromatic ring is 1. The third kappa shape index (κ3) is 3.97. The summed E-state index contributed by atoms with van der Waals surface area (Å²) in [6.07, 6.45) is -4.82. The molecule has 0 fully saturated rings. The molecule has 0 aliphatic heterocycles. The van der Waals surface area contributed by atoms with E-state index in [1.165, 1.54) is 18.3 Å². The Morgan fingerprint density at radius 1 is 1.47 bits per heavy atom. The molecule has 0 radical (unpaired) electrons. The molecule has 0 saturated carbocycles. The molecule has 6 heteroatoms. The van der Waals surface area contributed by atoms with Crippen LogP contribution in [0.3, 0.4) is 0 Å². The number of alkyl halides is 3. The molecule has 0 unspecified atom stereocenters.